The van der Waals surface area contributed by atoms with Gasteiger partial charge in [0.05, 0.1) is 12.6 Å². The molecule has 1 aliphatic carbocycles. The van der Waals surface area contributed by atoms with Crippen LogP contribution in [0, 0.1) is 11.2 Å². The van der Waals surface area contributed by atoms with Crippen LogP contribution in [0.2, 0.25) is 0 Å². The Balaban J connectivity index is 1.51. The highest BCUT2D eigenvalue weighted by Crippen LogP contribution is 2.54. The van der Waals surface area contributed by atoms with Gasteiger partial charge in [-0.1, -0.05) is 36.4 Å². The van der Waals surface area contributed by atoms with Crippen molar-refractivity contribution in [2.24, 2.45) is 11.1 Å². The maximum Gasteiger partial charge on any atom is 0.410 e. The summed E-state index contributed by atoms with van der Waals surface area (Å²) in [5.41, 5.74) is 6.83. The standard InChI is InChI=1S/C32H44FN3O5/c1-30(2,3)40-28(37)35(7)17-18-39-25-14-9-8-12-22(25)23-13-10-11-21(26(23)33)19-24-27(34)32(15-16-32)20-36(24)29(38)41-31(4,5)6/h8-14,24,27H,15-20,34H2,1-7H3/t24?,27-/m1/s1. The van der Waals surface area contributed by atoms with E-state index in [2.05, 4.69) is 0 Å². The van der Waals surface area contributed by atoms with E-state index in [1.165, 1.54) is 4.90 Å². The molecule has 2 aromatic rings. The second kappa shape index (κ2) is 11.5. The van der Waals surface area contributed by atoms with Crippen LogP contribution >= 0.6 is 0 Å². The smallest absolute Gasteiger partial charge is 0.410 e. The quantitative estimate of drug-likeness (QED) is 0.439. The van der Waals surface area contributed by atoms with Crippen LogP contribution in [0.25, 0.3) is 11.1 Å². The number of hydrogen-bond acceptors (Lipinski definition) is 6. The van der Waals surface area contributed by atoms with E-state index in [1.807, 2.05) is 65.8 Å². The average molecular weight is 570 g/mol. The molecular weight excluding hydrogens is 525 g/mol. The van der Waals surface area contributed by atoms with Crippen LogP contribution in [0.4, 0.5) is 14.0 Å². The number of ether oxygens (including phenoxy) is 3. The number of rotatable bonds is 7. The van der Waals surface area contributed by atoms with Crippen molar-refractivity contribution >= 4 is 12.2 Å². The molecule has 2 aromatic carbocycles. The second-order valence-corrected chi connectivity index (χ2v) is 13.3. The highest BCUT2D eigenvalue weighted by Gasteiger charge is 2.59. The summed E-state index contributed by atoms with van der Waals surface area (Å²) in [5.74, 6) is 0.133. The fourth-order valence-corrected chi connectivity index (χ4v) is 5.28. The molecule has 0 bridgehead atoms. The lowest BCUT2D eigenvalue weighted by molar-refractivity contribution is 0.0213. The van der Waals surface area contributed by atoms with Gasteiger partial charge in [-0.3, -0.25) is 0 Å². The van der Waals surface area contributed by atoms with Gasteiger partial charge in [0, 0.05) is 36.2 Å². The van der Waals surface area contributed by atoms with Crippen molar-refractivity contribution in [2.45, 2.75) is 84.1 Å². The zero-order valence-electron chi connectivity index (χ0n) is 25.3. The molecule has 1 saturated carbocycles. The van der Waals surface area contributed by atoms with Crippen LogP contribution in [-0.4, -0.2) is 72.0 Å². The number of nitrogens with two attached hydrogens (primary N) is 1. The van der Waals surface area contributed by atoms with E-state index < -0.39 is 23.4 Å². The summed E-state index contributed by atoms with van der Waals surface area (Å²) in [6, 6.07) is 11.9. The van der Waals surface area contributed by atoms with Gasteiger partial charge >= 0.3 is 12.2 Å². The molecule has 0 aromatic heterocycles. The Hall–Kier alpha value is -3.33. The van der Waals surface area contributed by atoms with Crippen LogP contribution in [0.1, 0.15) is 59.9 Å². The zero-order valence-corrected chi connectivity index (χ0v) is 25.3. The molecule has 2 amide bonds. The largest absolute Gasteiger partial charge is 0.491 e. The van der Waals surface area contributed by atoms with E-state index in [0.29, 0.717) is 35.5 Å². The fraction of sp³-hybridized carbons (Fsp3) is 0.562. The number of carbonyl (C=O) groups is 2. The van der Waals surface area contributed by atoms with Crippen LogP contribution in [-0.2, 0) is 15.9 Å². The van der Waals surface area contributed by atoms with Crippen molar-refractivity contribution in [3.8, 4) is 16.9 Å². The molecule has 2 N–H and O–H groups in total. The number of carbonyl (C=O) groups excluding carboxylic acids is 2. The number of benzene rings is 2. The molecule has 1 aliphatic heterocycles. The molecule has 1 spiro atoms. The van der Waals surface area contributed by atoms with E-state index in [4.69, 9.17) is 19.9 Å². The summed E-state index contributed by atoms with van der Waals surface area (Å²) in [6.07, 6.45) is 1.35. The third-order valence-corrected chi connectivity index (χ3v) is 7.60. The Morgan fingerprint density at radius 3 is 2.27 bits per heavy atom. The number of likely N-dealkylation sites (tertiary alicyclic amines) is 1. The van der Waals surface area contributed by atoms with Gasteiger partial charge in [0.15, 0.2) is 0 Å². The molecule has 4 rings (SSSR count). The first-order chi connectivity index (χ1) is 19.1. The van der Waals surface area contributed by atoms with Crippen molar-refractivity contribution in [2.75, 3.05) is 26.7 Å². The normalized spacial score (nSPS) is 19.7. The van der Waals surface area contributed by atoms with E-state index in [-0.39, 0.29) is 36.3 Å². The number of halogens is 1. The fourth-order valence-electron chi connectivity index (χ4n) is 5.28. The Morgan fingerprint density at radius 1 is 1.00 bits per heavy atom. The van der Waals surface area contributed by atoms with Crippen molar-refractivity contribution < 1.29 is 28.2 Å². The lowest BCUT2D eigenvalue weighted by Crippen LogP contribution is -2.46. The molecule has 2 atom stereocenters. The molecule has 2 aliphatic rings. The molecule has 0 radical (unpaired) electrons. The molecule has 8 nitrogen and oxygen atoms in total. The maximum atomic E-state index is 16.1. The van der Waals surface area contributed by atoms with E-state index in [9.17, 15) is 9.59 Å². The Kier molecular flexibility index (Phi) is 8.60. The SMILES string of the molecule is CN(CCOc1ccccc1-c1cccc(CC2[C@@H](N)C3(CC3)CN2C(=O)OC(C)(C)C)c1F)C(=O)OC(C)(C)C. The summed E-state index contributed by atoms with van der Waals surface area (Å²) >= 11 is 0. The molecule has 1 heterocycles. The lowest BCUT2D eigenvalue weighted by Gasteiger charge is -2.30. The highest BCUT2D eigenvalue weighted by molar-refractivity contribution is 5.72. The first-order valence-electron chi connectivity index (χ1n) is 14.3. The van der Waals surface area contributed by atoms with Gasteiger partial charge in [-0.25, -0.2) is 14.0 Å². The summed E-state index contributed by atoms with van der Waals surface area (Å²) in [6.45, 7) is 12.0. The minimum atomic E-state index is -0.637. The molecule has 1 unspecified atom stereocenters. The van der Waals surface area contributed by atoms with Crippen molar-refractivity contribution in [3.05, 3.63) is 53.8 Å². The van der Waals surface area contributed by atoms with Crippen molar-refractivity contribution in [1.29, 1.82) is 0 Å². The number of amides is 2. The predicted molar refractivity (Wildman–Crippen MR) is 156 cm³/mol. The molecule has 1 saturated heterocycles. The number of nitrogens with zero attached hydrogens (tertiary/aromatic N) is 2. The third kappa shape index (κ3) is 7.31. The highest BCUT2D eigenvalue weighted by atomic mass is 19.1. The van der Waals surface area contributed by atoms with E-state index in [1.54, 1.807) is 30.1 Å². The van der Waals surface area contributed by atoms with Gasteiger partial charge in [0.1, 0.15) is 29.4 Å². The van der Waals surface area contributed by atoms with Gasteiger partial charge in [-0.15, -0.1) is 0 Å². The van der Waals surface area contributed by atoms with Gasteiger partial charge in [0.25, 0.3) is 0 Å². The lowest BCUT2D eigenvalue weighted by atomic mass is 9.91. The second-order valence-electron chi connectivity index (χ2n) is 13.3. The molecular formula is C32H44FN3O5. The minimum Gasteiger partial charge on any atom is -0.491 e. The van der Waals surface area contributed by atoms with E-state index >= 15 is 4.39 Å². The Labute approximate surface area is 242 Å². The van der Waals surface area contributed by atoms with Crippen LogP contribution in [0.5, 0.6) is 5.75 Å². The van der Waals surface area contributed by atoms with Gasteiger partial charge in [-0.2, -0.15) is 0 Å². The Morgan fingerprint density at radius 2 is 1.63 bits per heavy atom. The topological polar surface area (TPSA) is 94.3 Å². The van der Waals surface area contributed by atoms with Crippen LogP contribution in [0.3, 0.4) is 0 Å². The van der Waals surface area contributed by atoms with Crippen molar-refractivity contribution in [3.63, 3.8) is 0 Å². The summed E-state index contributed by atoms with van der Waals surface area (Å²) in [7, 11) is 1.65. The third-order valence-electron chi connectivity index (χ3n) is 7.60. The van der Waals surface area contributed by atoms with Gasteiger partial charge in [0.2, 0.25) is 0 Å². The maximum absolute atomic E-state index is 16.1. The average Bonchev–Trinajstić information content (AvgIpc) is 3.60. The molecule has 41 heavy (non-hydrogen) atoms. The number of para-hydroxylation sites is 1. The van der Waals surface area contributed by atoms with Crippen LogP contribution in [0.15, 0.2) is 42.5 Å². The summed E-state index contributed by atoms with van der Waals surface area (Å²) in [4.78, 5) is 28.5. The van der Waals surface area contributed by atoms with Gasteiger partial charge < -0.3 is 29.7 Å². The molecule has 9 heteroatoms. The first-order valence-corrected chi connectivity index (χ1v) is 14.3. The molecule has 2 fully saturated rings. The summed E-state index contributed by atoms with van der Waals surface area (Å²) < 4.78 is 33.2. The number of hydrogen-bond donors (Lipinski definition) is 1. The Bertz CT molecular complexity index is 1260. The van der Waals surface area contributed by atoms with Gasteiger partial charge in [-0.05, 0) is 72.4 Å². The predicted octanol–water partition coefficient (Wildman–Crippen LogP) is 6.01. The van der Waals surface area contributed by atoms with E-state index in [0.717, 1.165) is 12.8 Å². The summed E-state index contributed by atoms with van der Waals surface area (Å²) in [5, 5.41) is 0. The van der Waals surface area contributed by atoms with Crippen LogP contribution < -0.4 is 10.5 Å². The van der Waals surface area contributed by atoms with Crippen molar-refractivity contribution in [1.82, 2.24) is 9.80 Å². The zero-order chi connectivity index (χ0) is 30.2. The molecule has 224 valence electrons. The number of likely N-dealkylation sites (N-methyl/N-ethyl adjacent to an activating group) is 1. The first kappa shape index (κ1) is 30.6. The minimum absolute atomic E-state index is 0.109. The monoisotopic (exact) mass is 569 g/mol.